The van der Waals surface area contributed by atoms with Gasteiger partial charge in [0.05, 0.1) is 43.2 Å². The van der Waals surface area contributed by atoms with Gasteiger partial charge < -0.3 is 19.1 Å². The second-order valence-corrected chi connectivity index (χ2v) is 10.6. The number of carbonyl (C=O) groups is 1. The van der Waals surface area contributed by atoms with Crippen LogP contribution in [0.25, 0.3) is 22.3 Å². The van der Waals surface area contributed by atoms with Gasteiger partial charge in [-0.2, -0.15) is 0 Å². The molecule has 1 aliphatic carbocycles. The van der Waals surface area contributed by atoms with Crippen LogP contribution in [-0.4, -0.2) is 70.0 Å². The van der Waals surface area contributed by atoms with Gasteiger partial charge in [0.2, 0.25) is 5.95 Å². The third-order valence-corrected chi connectivity index (χ3v) is 7.88. The molecular weight excluding hydrogens is 506 g/mol. The molecule has 9 nitrogen and oxygen atoms in total. The minimum absolute atomic E-state index is 0.0516. The molecule has 1 amide bonds. The number of aromatic nitrogens is 3. The number of fused-ring (bicyclic) bond motifs is 1. The molecule has 2 atom stereocenters. The molecule has 9 heteroatoms. The maximum Gasteiger partial charge on any atom is 0.258 e. The fourth-order valence-corrected chi connectivity index (χ4v) is 5.84. The summed E-state index contributed by atoms with van der Waals surface area (Å²) in [5, 5.41) is 13.5. The zero-order chi connectivity index (χ0) is 27.5. The van der Waals surface area contributed by atoms with Crippen LogP contribution in [0.2, 0.25) is 0 Å². The first-order valence-corrected chi connectivity index (χ1v) is 14.0. The lowest BCUT2D eigenvalue weighted by atomic mass is 9.92. The van der Waals surface area contributed by atoms with Crippen LogP contribution in [0, 0.1) is 0 Å². The van der Waals surface area contributed by atoms with Gasteiger partial charge in [-0.3, -0.25) is 20.0 Å². The number of nitrogens with one attached hydrogen (secondary N) is 1. The van der Waals surface area contributed by atoms with Crippen LogP contribution >= 0.6 is 0 Å². The van der Waals surface area contributed by atoms with Crippen molar-refractivity contribution in [2.24, 2.45) is 0 Å². The molecule has 6 rings (SSSR count). The van der Waals surface area contributed by atoms with E-state index in [1.54, 1.807) is 25.4 Å². The fraction of sp³-hybridized carbons (Fsp3) is 0.387. The smallest absolute Gasteiger partial charge is 0.258 e. The molecule has 2 N–H and O–H groups in total. The van der Waals surface area contributed by atoms with Gasteiger partial charge >= 0.3 is 0 Å². The van der Waals surface area contributed by atoms with Gasteiger partial charge in [0.15, 0.2) is 0 Å². The number of methoxy groups -OCH3 is 1. The van der Waals surface area contributed by atoms with Gasteiger partial charge in [-0.25, -0.2) is 4.98 Å². The number of hydrogen-bond acceptors (Lipinski definition) is 7. The number of pyridine rings is 1. The first kappa shape index (κ1) is 26.4. The monoisotopic (exact) mass is 541 g/mol. The van der Waals surface area contributed by atoms with Gasteiger partial charge in [-0.15, -0.1) is 0 Å². The predicted octanol–water partition coefficient (Wildman–Crippen LogP) is 4.67. The maximum atomic E-state index is 13.6. The molecule has 40 heavy (non-hydrogen) atoms. The summed E-state index contributed by atoms with van der Waals surface area (Å²) in [6.07, 6.45) is 4.57. The third-order valence-electron chi connectivity index (χ3n) is 7.88. The number of morpholine rings is 1. The van der Waals surface area contributed by atoms with Gasteiger partial charge in [0.25, 0.3) is 5.91 Å². The normalized spacial score (nSPS) is 19.9. The first-order valence-electron chi connectivity index (χ1n) is 14.0. The number of carbonyl (C=O) groups excluding carboxylic acids is 1. The number of aliphatic hydroxyl groups excluding tert-OH is 1. The lowest BCUT2D eigenvalue weighted by Gasteiger charge is -2.29. The quantitative estimate of drug-likeness (QED) is 0.351. The number of benzene rings is 2. The minimum Gasteiger partial charge on any atom is -0.496 e. The van der Waals surface area contributed by atoms with Crippen molar-refractivity contribution in [1.29, 1.82) is 0 Å². The van der Waals surface area contributed by atoms with Crippen LogP contribution < -0.4 is 10.1 Å². The van der Waals surface area contributed by atoms with Crippen LogP contribution in [0.5, 0.6) is 5.75 Å². The third kappa shape index (κ3) is 5.58. The number of ether oxygens (including phenoxy) is 2. The molecule has 0 bridgehead atoms. The topological polar surface area (TPSA) is 102 Å². The Kier molecular flexibility index (Phi) is 7.77. The zero-order valence-electron chi connectivity index (χ0n) is 22.8. The molecule has 4 aromatic rings. The average Bonchev–Trinajstić information content (AvgIpc) is 3.34. The molecule has 0 radical (unpaired) electrons. The minimum atomic E-state index is -0.357. The molecule has 0 spiro atoms. The van der Waals surface area contributed by atoms with E-state index in [1.165, 1.54) is 5.56 Å². The highest BCUT2D eigenvalue weighted by Gasteiger charge is 2.27. The van der Waals surface area contributed by atoms with E-state index in [0.29, 0.717) is 29.4 Å². The van der Waals surface area contributed by atoms with Crippen molar-refractivity contribution >= 4 is 22.9 Å². The number of rotatable bonds is 7. The molecule has 1 aliphatic heterocycles. The number of anilines is 1. The summed E-state index contributed by atoms with van der Waals surface area (Å²) >= 11 is 0. The molecule has 2 aromatic carbocycles. The van der Waals surface area contributed by atoms with Crippen LogP contribution in [0.15, 0.2) is 60.8 Å². The molecule has 2 aliphatic rings. The predicted molar refractivity (Wildman–Crippen MR) is 154 cm³/mol. The number of aliphatic hydroxyl groups is 1. The highest BCUT2D eigenvalue weighted by atomic mass is 16.5. The van der Waals surface area contributed by atoms with Crippen molar-refractivity contribution in [2.75, 3.05) is 38.7 Å². The van der Waals surface area contributed by atoms with Gasteiger partial charge in [-0.05, 0) is 67.6 Å². The number of amides is 1. The Labute approximate surface area is 233 Å². The Morgan fingerprint density at radius 1 is 1.12 bits per heavy atom. The summed E-state index contributed by atoms with van der Waals surface area (Å²) in [4.78, 5) is 25.3. The SMILES string of the molecule is COc1ccccc1-c1cc(C(=O)Nc2nc3cc(CN4CCOCC4)ccc3n2[C@H]2CCC[C@@H](O)C2)ccn1. The molecule has 1 saturated carbocycles. The first-order chi connectivity index (χ1) is 19.6. The Morgan fingerprint density at radius 3 is 2.80 bits per heavy atom. The number of hydrogen-bond donors (Lipinski definition) is 2. The van der Waals surface area contributed by atoms with E-state index in [1.807, 2.05) is 24.3 Å². The fourth-order valence-electron chi connectivity index (χ4n) is 5.84. The van der Waals surface area contributed by atoms with E-state index >= 15 is 0 Å². The van der Waals surface area contributed by atoms with Crippen molar-refractivity contribution in [3.63, 3.8) is 0 Å². The van der Waals surface area contributed by atoms with Gasteiger partial charge in [-0.1, -0.05) is 18.2 Å². The number of para-hydroxylation sites is 1. The van der Waals surface area contributed by atoms with Crippen LogP contribution in [0.4, 0.5) is 5.95 Å². The molecule has 1 saturated heterocycles. The highest BCUT2D eigenvalue weighted by Crippen LogP contribution is 2.35. The van der Waals surface area contributed by atoms with E-state index in [2.05, 4.69) is 38.0 Å². The Hall–Kier alpha value is -3.79. The van der Waals surface area contributed by atoms with E-state index < -0.39 is 0 Å². The molecule has 3 heterocycles. The van der Waals surface area contributed by atoms with Crippen molar-refractivity contribution in [1.82, 2.24) is 19.4 Å². The Balaban J connectivity index is 1.32. The summed E-state index contributed by atoms with van der Waals surface area (Å²) in [6, 6.07) is 17.5. The van der Waals surface area contributed by atoms with Crippen molar-refractivity contribution in [3.05, 3.63) is 71.9 Å². The summed E-state index contributed by atoms with van der Waals surface area (Å²) in [5.74, 6) is 0.927. The van der Waals surface area contributed by atoms with Crippen LogP contribution in [0.1, 0.15) is 47.6 Å². The van der Waals surface area contributed by atoms with E-state index in [0.717, 1.165) is 68.7 Å². The van der Waals surface area contributed by atoms with Gasteiger partial charge in [0, 0.05) is 43.0 Å². The summed E-state index contributed by atoms with van der Waals surface area (Å²) < 4.78 is 13.1. The largest absolute Gasteiger partial charge is 0.496 e. The van der Waals surface area contributed by atoms with Crippen LogP contribution in [0.3, 0.4) is 0 Å². The van der Waals surface area contributed by atoms with Crippen molar-refractivity contribution < 1.29 is 19.4 Å². The Morgan fingerprint density at radius 2 is 1.98 bits per heavy atom. The highest BCUT2D eigenvalue weighted by molar-refractivity contribution is 6.04. The summed E-state index contributed by atoms with van der Waals surface area (Å²) in [7, 11) is 1.62. The standard InChI is InChI=1S/C31H35N5O4/c1-39-29-8-3-2-7-25(29)26-18-22(11-12-32-26)30(38)34-31-33-27-17-21(20-35-13-15-40-16-14-35)9-10-28(27)36(31)23-5-4-6-24(37)19-23/h2-3,7-12,17-18,23-24,37H,4-6,13-16,19-20H2,1H3,(H,33,34,38)/t23-,24+/m0/s1. The van der Waals surface area contributed by atoms with Gasteiger partial charge in [0.1, 0.15) is 5.75 Å². The number of imidazole rings is 1. The lowest BCUT2D eigenvalue weighted by Crippen LogP contribution is -2.35. The summed E-state index contributed by atoms with van der Waals surface area (Å²) in [6.45, 7) is 4.17. The van der Waals surface area contributed by atoms with Crippen molar-refractivity contribution in [2.45, 2.75) is 44.4 Å². The second kappa shape index (κ2) is 11.8. The molecule has 0 unspecified atom stereocenters. The van der Waals surface area contributed by atoms with Crippen LogP contribution in [-0.2, 0) is 11.3 Å². The van der Waals surface area contributed by atoms with Crippen molar-refractivity contribution in [3.8, 4) is 17.0 Å². The second-order valence-electron chi connectivity index (χ2n) is 10.6. The Bertz CT molecular complexity index is 1500. The molecule has 2 fully saturated rings. The average molecular weight is 542 g/mol. The summed E-state index contributed by atoms with van der Waals surface area (Å²) in [5.41, 5.74) is 4.93. The zero-order valence-corrected chi connectivity index (χ0v) is 22.8. The van der Waals surface area contributed by atoms with E-state index in [-0.39, 0.29) is 18.1 Å². The van der Waals surface area contributed by atoms with E-state index in [9.17, 15) is 9.90 Å². The molecule has 2 aromatic heterocycles. The molecular formula is C31H35N5O4. The maximum absolute atomic E-state index is 13.6. The van der Waals surface area contributed by atoms with E-state index in [4.69, 9.17) is 14.5 Å². The lowest BCUT2D eigenvalue weighted by molar-refractivity contribution is 0.0342. The number of nitrogens with zero attached hydrogens (tertiary/aromatic N) is 4. The molecule has 208 valence electrons.